The van der Waals surface area contributed by atoms with Gasteiger partial charge in [0.1, 0.15) is 0 Å². The second-order valence-corrected chi connectivity index (χ2v) is 4.59. The van der Waals surface area contributed by atoms with E-state index < -0.39 is 0 Å². The van der Waals surface area contributed by atoms with Crippen LogP contribution in [0.1, 0.15) is 18.1 Å². The van der Waals surface area contributed by atoms with Crippen LogP contribution >= 0.6 is 0 Å². The van der Waals surface area contributed by atoms with Crippen molar-refractivity contribution in [2.24, 2.45) is 5.41 Å². The number of benzene rings is 1. The zero-order valence-electron chi connectivity index (χ0n) is 9.40. The van der Waals surface area contributed by atoms with Gasteiger partial charge in [0.05, 0.1) is 0 Å². The fourth-order valence-electron chi connectivity index (χ4n) is 2.49. The number of allylic oxidation sites excluding steroid dienone is 6. The van der Waals surface area contributed by atoms with Crippen LogP contribution in [0.25, 0.3) is 11.6 Å². The van der Waals surface area contributed by atoms with E-state index in [9.17, 15) is 0 Å². The third kappa shape index (κ3) is 1.10. The summed E-state index contributed by atoms with van der Waals surface area (Å²) in [6.45, 7) is 6.52. The molecule has 0 fully saturated rings. The average molecular weight is 206 g/mol. The van der Waals surface area contributed by atoms with E-state index in [0.29, 0.717) is 0 Å². The summed E-state index contributed by atoms with van der Waals surface area (Å²) in [4.78, 5) is 0. The molecule has 0 heteroatoms. The highest BCUT2D eigenvalue weighted by molar-refractivity contribution is 5.87. The van der Waals surface area contributed by atoms with Crippen molar-refractivity contribution >= 4 is 11.6 Å². The summed E-state index contributed by atoms with van der Waals surface area (Å²) in [5, 5.41) is 0. The van der Waals surface area contributed by atoms with Crippen LogP contribution in [-0.4, -0.2) is 0 Å². The molecule has 78 valence electrons. The van der Waals surface area contributed by atoms with Crippen molar-refractivity contribution in [1.82, 2.24) is 0 Å². The average Bonchev–Trinajstić information content (AvgIpc) is 2.31. The third-order valence-electron chi connectivity index (χ3n) is 3.64. The SMILES string of the molecule is C=C1c2ccccc2C=C2C=CC=CC12C. The number of rotatable bonds is 0. The fourth-order valence-corrected chi connectivity index (χ4v) is 2.49. The van der Waals surface area contributed by atoms with Gasteiger partial charge in [0.25, 0.3) is 0 Å². The first kappa shape index (κ1) is 9.41. The van der Waals surface area contributed by atoms with Crippen LogP contribution in [0.4, 0.5) is 0 Å². The van der Waals surface area contributed by atoms with Gasteiger partial charge in [-0.15, -0.1) is 0 Å². The van der Waals surface area contributed by atoms with E-state index in [0.717, 1.165) is 0 Å². The van der Waals surface area contributed by atoms with Crippen molar-refractivity contribution in [3.8, 4) is 0 Å². The molecule has 0 saturated carbocycles. The van der Waals surface area contributed by atoms with Crippen LogP contribution in [0.3, 0.4) is 0 Å². The Hall–Kier alpha value is -1.82. The molecule has 0 N–H and O–H groups in total. The molecule has 1 aromatic rings. The molecule has 2 aliphatic rings. The van der Waals surface area contributed by atoms with Gasteiger partial charge in [-0.05, 0) is 35.3 Å². The quantitative estimate of drug-likeness (QED) is 0.596. The second kappa shape index (κ2) is 3.08. The molecule has 0 nitrogen and oxygen atoms in total. The van der Waals surface area contributed by atoms with Crippen molar-refractivity contribution < 1.29 is 0 Å². The highest BCUT2D eigenvalue weighted by Gasteiger charge is 2.33. The zero-order valence-corrected chi connectivity index (χ0v) is 9.40. The van der Waals surface area contributed by atoms with E-state index in [1.807, 2.05) is 0 Å². The van der Waals surface area contributed by atoms with Gasteiger partial charge in [-0.2, -0.15) is 0 Å². The van der Waals surface area contributed by atoms with Gasteiger partial charge < -0.3 is 0 Å². The zero-order chi connectivity index (χ0) is 11.2. The Bertz CT molecular complexity index is 555. The van der Waals surface area contributed by atoms with Crippen molar-refractivity contribution in [2.45, 2.75) is 6.92 Å². The molecule has 3 rings (SSSR count). The minimum Gasteiger partial charge on any atom is -0.0940 e. The molecule has 1 aromatic carbocycles. The summed E-state index contributed by atoms with van der Waals surface area (Å²) in [5.74, 6) is 0. The Balaban J connectivity index is 2.30. The van der Waals surface area contributed by atoms with Crippen LogP contribution in [0.5, 0.6) is 0 Å². The first-order chi connectivity index (χ1) is 7.72. The molecule has 16 heavy (non-hydrogen) atoms. The molecule has 2 aliphatic carbocycles. The van der Waals surface area contributed by atoms with E-state index in [1.54, 1.807) is 0 Å². The van der Waals surface area contributed by atoms with Crippen LogP contribution in [0.2, 0.25) is 0 Å². The van der Waals surface area contributed by atoms with E-state index in [4.69, 9.17) is 0 Å². The predicted molar refractivity (Wildman–Crippen MR) is 69.8 cm³/mol. The lowest BCUT2D eigenvalue weighted by atomic mass is 9.67. The van der Waals surface area contributed by atoms with Crippen molar-refractivity contribution in [3.05, 3.63) is 71.8 Å². The summed E-state index contributed by atoms with van der Waals surface area (Å²) in [6.07, 6.45) is 10.9. The topological polar surface area (TPSA) is 0 Å². The van der Waals surface area contributed by atoms with Crippen molar-refractivity contribution in [1.29, 1.82) is 0 Å². The fraction of sp³-hybridized carbons (Fsp3) is 0.125. The van der Waals surface area contributed by atoms with Gasteiger partial charge in [-0.25, -0.2) is 0 Å². The van der Waals surface area contributed by atoms with Crippen molar-refractivity contribution in [3.63, 3.8) is 0 Å². The Labute approximate surface area is 96.3 Å². The lowest BCUT2D eigenvalue weighted by molar-refractivity contribution is 0.701. The summed E-state index contributed by atoms with van der Waals surface area (Å²) in [5.41, 5.74) is 5.05. The number of hydrogen-bond donors (Lipinski definition) is 0. The number of hydrogen-bond acceptors (Lipinski definition) is 0. The minimum absolute atomic E-state index is 0.0247. The Morgan fingerprint density at radius 2 is 1.94 bits per heavy atom. The maximum Gasteiger partial charge on any atom is 0.0357 e. The summed E-state index contributed by atoms with van der Waals surface area (Å²) in [6, 6.07) is 8.46. The lowest BCUT2D eigenvalue weighted by Crippen LogP contribution is -2.22. The van der Waals surface area contributed by atoms with Gasteiger partial charge in [-0.3, -0.25) is 0 Å². The lowest BCUT2D eigenvalue weighted by Gasteiger charge is -2.36. The van der Waals surface area contributed by atoms with Crippen LogP contribution in [0.15, 0.2) is 60.7 Å². The Morgan fingerprint density at radius 3 is 2.81 bits per heavy atom. The minimum atomic E-state index is -0.0247. The molecule has 0 aromatic heterocycles. The smallest absolute Gasteiger partial charge is 0.0357 e. The molecule has 0 spiro atoms. The van der Waals surface area contributed by atoms with Gasteiger partial charge in [0.15, 0.2) is 0 Å². The van der Waals surface area contributed by atoms with Crippen LogP contribution in [-0.2, 0) is 0 Å². The third-order valence-corrected chi connectivity index (χ3v) is 3.64. The summed E-state index contributed by atoms with van der Waals surface area (Å²) >= 11 is 0. The van der Waals surface area contributed by atoms with Crippen LogP contribution < -0.4 is 0 Å². The monoisotopic (exact) mass is 206 g/mol. The first-order valence-electron chi connectivity index (χ1n) is 5.59. The Kier molecular flexibility index (Phi) is 1.81. The van der Waals surface area contributed by atoms with Gasteiger partial charge in [-0.1, -0.05) is 55.1 Å². The maximum atomic E-state index is 4.29. The highest BCUT2D eigenvalue weighted by Crippen LogP contribution is 2.48. The normalized spacial score (nSPS) is 26.1. The standard InChI is InChI=1S/C16H14/c1-12-15-9-4-3-7-13(15)11-14-8-5-6-10-16(12,14)2/h3-11H,1H2,2H3. The molecule has 0 saturated heterocycles. The highest BCUT2D eigenvalue weighted by atomic mass is 14.4. The summed E-state index contributed by atoms with van der Waals surface area (Å²) in [7, 11) is 0. The van der Waals surface area contributed by atoms with Crippen LogP contribution in [0, 0.1) is 5.41 Å². The maximum absolute atomic E-state index is 4.29. The molecule has 0 radical (unpaired) electrons. The molecule has 0 heterocycles. The molecule has 1 atom stereocenters. The number of fused-ring (bicyclic) bond motifs is 2. The molecule has 0 bridgehead atoms. The first-order valence-corrected chi connectivity index (χ1v) is 5.59. The van der Waals surface area contributed by atoms with E-state index in [-0.39, 0.29) is 5.41 Å². The molecule has 1 unspecified atom stereocenters. The molecular formula is C16H14. The van der Waals surface area contributed by atoms with E-state index in [2.05, 4.69) is 68.1 Å². The second-order valence-electron chi connectivity index (χ2n) is 4.59. The summed E-state index contributed by atoms with van der Waals surface area (Å²) < 4.78 is 0. The molecular weight excluding hydrogens is 192 g/mol. The largest absolute Gasteiger partial charge is 0.0940 e. The molecule has 0 amide bonds. The molecule has 0 aliphatic heterocycles. The van der Waals surface area contributed by atoms with E-state index in [1.165, 1.54) is 22.3 Å². The van der Waals surface area contributed by atoms with Gasteiger partial charge in [0, 0.05) is 5.41 Å². The van der Waals surface area contributed by atoms with Gasteiger partial charge >= 0.3 is 0 Å². The van der Waals surface area contributed by atoms with Crippen molar-refractivity contribution in [2.75, 3.05) is 0 Å². The van der Waals surface area contributed by atoms with Gasteiger partial charge in [0.2, 0.25) is 0 Å². The Morgan fingerprint density at radius 1 is 1.12 bits per heavy atom. The predicted octanol–water partition coefficient (Wildman–Crippen LogP) is 4.23. The van der Waals surface area contributed by atoms with E-state index >= 15 is 0 Å².